The Morgan fingerprint density at radius 3 is 2.59 bits per heavy atom. The molecule has 0 aliphatic rings. The summed E-state index contributed by atoms with van der Waals surface area (Å²) in [6.45, 7) is 3.99. The second-order valence-corrected chi connectivity index (χ2v) is 4.33. The van der Waals surface area contributed by atoms with Crippen LogP contribution in [0.4, 0.5) is 0 Å². The molecule has 17 heavy (non-hydrogen) atoms. The van der Waals surface area contributed by atoms with Crippen molar-refractivity contribution < 1.29 is 4.79 Å². The van der Waals surface area contributed by atoms with E-state index >= 15 is 0 Å². The molecule has 94 valence electrons. The van der Waals surface area contributed by atoms with E-state index in [4.69, 9.17) is 5.73 Å². The summed E-state index contributed by atoms with van der Waals surface area (Å²) in [5.74, 6) is 0.0867. The molecule has 4 nitrogen and oxygen atoms in total. The lowest BCUT2D eigenvalue weighted by atomic mass is 10.1. The van der Waals surface area contributed by atoms with Crippen molar-refractivity contribution >= 4 is 5.91 Å². The smallest absolute Gasteiger partial charge is 0.224 e. The van der Waals surface area contributed by atoms with Crippen molar-refractivity contribution in [2.75, 3.05) is 7.05 Å². The molecule has 1 aromatic heterocycles. The van der Waals surface area contributed by atoms with Crippen molar-refractivity contribution in [3.8, 4) is 0 Å². The zero-order chi connectivity index (χ0) is 12.8. The van der Waals surface area contributed by atoms with Crippen molar-refractivity contribution in [1.29, 1.82) is 0 Å². The molecule has 2 unspecified atom stereocenters. The third kappa shape index (κ3) is 3.82. The molecule has 4 heteroatoms. The van der Waals surface area contributed by atoms with E-state index < -0.39 is 0 Å². The summed E-state index contributed by atoms with van der Waals surface area (Å²) in [5, 5.41) is 0. The molecule has 0 aromatic carbocycles. The number of hydrogen-bond donors (Lipinski definition) is 1. The van der Waals surface area contributed by atoms with E-state index in [1.807, 2.05) is 33.0 Å². The van der Waals surface area contributed by atoms with Crippen LogP contribution in [0.1, 0.15) is 38.3 Å². The van der Waals surface area contributed by atoms with E-state index in [0.717, 1.165) is 12.0 Å². The number of carbonyl (C=O) groups excluding carboxylic acids is 1. The second-order valence-electron chi connectivity index (χ2n) is 4.33. The normalized spacial score (nSPS) is 14.1. The molecule has 0 radical (unpaired) electrons. The Hall–Kier alpha value is -1.42. The first-order valence-corrected chi connectivity index (χ1v) is 5.97. The van der Waals surface area contributed by atoms with Crippen LogP contribution in [0.5, 0.6) is 0 Å². The van der Waals surface area contributed by atoms with Crippen LogP contribution in [0.3, 0.4) is 0 Å². The number of pyridine rings is 1. The Balaban J connectivity index is 2.63. The van der Waals surface area contributed by atoms with Gasteiger partial charge >= 0.3 is 0 Å². The van der Waals surface area contributed by atoms with Crippen LogP contribution in [-0.2, 0) is 4.79 Å². The van der Waals surface area contributed by atoms with Crippen LogP contribution in [-0.4, -0.2) is 28.9 Å². The van der Waals surface area contributed by atoms with Crippen LogP contribution < -0.4 is 5.73 Å². The molecule has 1 aromatic rings. The van der Waals surface area contributed by atoms with E-state index in [1.54, 1.807) is 17.3 Å². The molecule has 1 amide bonds. The van der Waals surface area contributed by atoms with E-state index in [-0.39, 0.29) is 18.0 Å². The number of aromatic nitrogens is 1. The maximum atomic E-state index is 12.0. The Morgan fingerprint density at radius 2 is 2.06 bits per heavy atom. The predicted octanol–water partition coefficient (Wildman–Crippen LogP) is 1.73. The summed E-state index contributed by atoms with van der Waals surface area (Å²) in [6.07, 6.45) is 4.70. The SMILES string of the molecule is CCC(N)CC(=O)N(C)C(C)c1ccncc1. The van der Waals surface area contributed by atoms with Crippen LogP contribution >= 0.6 is 0 Å². The Labute approximate surface area is 103 Å². The molecule has 0 spiro atoms. The summed E-state index contributed by atoms with van der Waals surface area (Å²) < 4.78 is 0. The largest absolute Gasteiger partial charge is 0.339 e. The van der Waals surface area contributed by atoms with Gasteiger partial charge in [0.2, 0.25) is 5.91 Å². The molecule has 2 atom stereocenters. The topological polar surface area (TPSA) is 59.2 Å². The Bertz CT molecular complexity index is 353. The zero-order valence-electron chi connectivity index (χ0n) is 10.8. The van der Waals surface area contributed by atoms with Gasteiger partial charge in [-0.1, -0.05) is 6.92 Å². The lowest BCUT2D eigenvalue weighted by Gasteiger charge is -2.26. The fourth-order valence-corrected chi connectivity index (χ4v) is 1.59. The van der Waals surface area contributed by atoms with Gasteiger partial charge in [-0.25, -0.2) is 0 Å². The molecular formula is C13H21N3O. The molecule has 1 heterocycles. The average molecular weight is 235 g/mol. The van der Waals surface area contributed by atoms with Crippen molar-refractivity contribution in [3.05, 3.63) is 30.1 Å². The minimum atomic E-state index is -0.0467. The number of nitrogens with two attached hydrogens (primary N) is 1. The van der Waals surface area contributed by atoms with Gasteiger partial charge < -0.3 is 10.6 Å². The summed E-state index contributed by atoms with van der Waals surface area (Å²) in [5.41, 5.74) is 6.88. The standard InChI is InChI=1S/C13H21N3O/c1-4-12(14)9-13(17)16(3)10(2)11-5-7-15-8-6-11/h5-8,10,12H,4,9,14H2,1-3H3. The second kappa shape index (κ2) is 6.35. The fourth-order valence-electron chi connectivity index (χ4n) is 1.59. The van der Waals surface area contributed by atoms with Gasteiger partial charge in [-0.05, 0) is 31.0 Å². The maximum Gasteiger partial charge on any atom is 0.224 e. The van der Waals surface area contributed by atoms with E-state index in [1.165, 1.54) is 0 Å². The summed E-state index contributed by atoms with van der Waals surface area (Å²) in [6, 6.07) is 3.85. The van der Waals surface area contributed by atoms with Crippen LogP contribution in [0.15, 0.2) is 24.5 Å². The monoisotopic (exact) mass is 235 g/mol. The van der Waals surface area contributed by atoms with Crippen LogP contribution in [0, 0.1) is 0 Å². The van der Waals surface area contributed by atoms with Crippen LogP contribution in [0.2, 0.25) is 0 Å². The van der Waals surface area contributed by atoms with Gasteiger partial charge in [0.1, 0.15) is 0 Å². The summed E-state index contributed by atoms with van der Waals surface area (Å²) >= 11 is 0. The fraction of sp³-hybridized carbons (Fsp3) is 0.538. The molecule has 0 aliphatic heterocycles. The lowest BCUT2D eigenvalue weighted by Crippen LogP contribution is -2.34. The third-order valence-corrected chi connectivity index (χ3v) is 3.12. The number of hydrogen-bond acceptors (Lipinski definition) is 3. The van der Waals surface area contributed by atoms with Gasteiger partial charge in [-0.2, -0.15) is 0 Å². The van der Waals surface area contributed by atoms with Crippen molar-refractivity contribution in [2.24, 2.45) is 5.73 Å². The Morgan fingerprint density at radius 1 is 1.47 bits per heavy atom. The minimum absolute atomic E-state index is 0.0467. The summed E-state index contributed by atoms with van der Waals surface area (Å²) in [4.78, 5) is 17.7. The van der Waals surface area contributed by atoms with E-state index in [2.05, 4.69) is 4.98 Å². The molecular weight excluding hydrogens is 214 g/mol. The highest BCUT2D eigenvalue weighted by Crippen LogP contribution is 2.18. The first-order chi connectivity index (χ1) is 8.06. The van der Waals surface area contributed by atoms with Gasteiger partial charge in [-0.15, -0.1) is 0 Å². The van der Waals surface area contributed by atoms with Crippen molar-refractivity contribution in [3.63, 3.8) is 0 Å². The van der Waals surface area contributed by atoms with E-state index in [0.29, 0.717) is 6.42 Å². The molecule has 0 bridgehead atoms. The molecule has 1 rings (SSSR count). The number of amides is 1. The minimum Gasteiger partial charge on any atom is -0.339 e. The maximum absolute atomic E-state index is 12.0. The molecule has 0 saturated heterocycles. The molecule has 0 fully saturated rings. The van der Waals surface area contributed by atoms with Gasteiger partial charge in [0, 0.05) is 31.9 Å². The van der Waals surface area contributed by atoms with Crippen LogP contribution in [0.25, 0.3) is 0 Å². The first-order valence-electron chi connectivity index (χ1n) is 5.97. The average Bonchev–Trinajstić information content (AvgIpc) is 2.37. The molecule has 2 N–H and O–H groups in total. The van der Waals surface area contributed by atoms with Gasteiger partial charge in [0.15, 0.2) is 0 Å². The Kier molecular flexibility index (Phi) is 5.10. The van der Waals surface area contributed by atoms with Gasteiger partial charge in [0.25, 0.3) is 0 Å². The zero-order valence-corrected chi connectivity index (χ0v) is 10.8. The van der Waals surface area contributed by atoms with Gasteiger partial charge in [0.05, 0.1) is 6.04 Å². The van der Waals surface area contributed by atoms with Gasteiger partial charge in [-0.3, -0.25) is 9.78 Å². The molecule has 0 saturated carbocycles. The van der Waals surface area contributed by atoms with Crippen molar-refractivity contribution in [1.82, 2.24) is 9.88 Å². The quantitative estimate of drug-likeness (QED) is 0.845. The highest BCUT2D eigenvalue weighted by molar-refractivity contribution is 5.77. The van der Waals surface area contributed by atoms with E-state index in [9.17, 15) is 4.79 Å². The molecule has 0 aliphatic carbocycles. The predicted molar refractivity (Wildman–Crippen MR) is 68.3 cm³/mol. The third-order valence-electron chi connectivity index (χ3n) is 3.12. The highest BCUT2D eigenvalue weighted by atomic mass is 16.2. The van der Waals surface area contributed by atoms with Crippen molar-refractivity contribution in [2.45, 2.75) is 38.8 Å². The number of rotatable bonds is 5. The summed E-state index contributed by atoms with van der Waals surface area (Å²) in [7, 11) is 1.82. The highest BCUT2D eigenvalue weighted by Gasteiger charge is 2.18. The first kappa shape index (κ1) is 13.6. The number of nitrogens with zero attached hydrogens (tertiary/aromatic N) is 2. The lowest BCUT2D eigenvalue weighted by molar-refractivity contribution is -0.132. The number of carbonyl (C=O) groups is 1.